The average molecular weight is 588 g/mol. The van der Waals surface area contributed by atoms with Gasteiger partial charge in [0.1, 0.15) is 10.9 Å². The smallest absolute Gasteiger partial charge is 0.340 e. The van der Waals surface area contributed by atoms with Crippen LogP contribution in [0.2, 0.25) is 10.0 Å². The highest BCUT2D eigenvalue weighted by molar-refractivity contribution is 7.91. The molecule has 2 aliphatic rings. The molecule has 3 aromatic rings. The van der Waals surface area contributed by atoms with E-state index in [1.165, 1.54) is 19.1 Å². The maximum atomic E-state index is 14.5. The van der Waals surface area contributed by atoms with Crippen molar-refractivity contribution in [2.75, 3.05) is 13.1 Å². The molecule has 2 N–H and O–H groups in total. The highest BCUT2D eigenvalue weighted by Gasteiger charge is 2.68. The number of quaternary nitrogens is 1. The molecular formula is C29H30Cl2N3O4S+. The normalized spacial score (nSPS) is 21.9. The van der Waals surface area contributed by atoms with Crippen LogP contribution in [-0.2, 0) is 26.8 Å². The number of carbonyl (C=O) groups excluding carboxylic acids is 2. The number of rotatable bonds is 5. The third-order valence-electron chi connectivity index (χ3n) is 8.35. The standard InChI is InChI=1S/C29H29Cl2N3O4S/c1-19-29(13-15-32-16-14-29)23-17-21(28(36)33-18-22-7-3-4-8-24(22)30)11-12-26(23)34(19,20(2)35)39(37,38)27-10-6-5-9-25(27)31/h3-12,17,19,32H,13-16,18H2,1-2H3/p+1. The number of halogens is 2. The Morgan fingerprint density at radius 3 is 2.28 bits per heavy atom. The van der Waals surface area contributed by atoms with Gasteiger partial charge in [-0.2, -0.15) is 8.42 Å². The van der Waals surface area contributed by atoms with Crippen LogP contribution in [0.25, 0.3) is 0 Å². The Balaban J connectivity index is 1.65. The number of fused-ring (bicyclic) bond motifs is 2. The van der Waals surface area contributed by atoms with E-state index in [-0.39, 0.29) is 22.4 Å². The number of sulfonamides is 1. The lowest BCUT2D eigenvalue weighted by Gasteiger charge is -2.41. The molecule has 3 aromatic carbocycles. The van der Waals surface area contributed by atoms with E-state index in [4.69, 9.17) is 23.2 Å². The van der Waals surface area contributed by atoms with Crippen molar-refractivity contribution in [3.05, 3.63) is 93.5 Å². The fraction of sp³-hybridized carbons (Fsp3) is 0.310. The summed E-state index contributed by atoms with van der Waals surface area (Å²) < 4.78 is 28.1. The SMILES string of the molecule is CC(=O)[N+]1(S(=O)(=O)c2ccccc2Cl)c2ccc(C(=O)NCc3ccccc3Cl)cc2C2(CCNCC2)C1C. The van der Waals surface area contributed by atoms with Gasteiger partial charge in [0.2, 0.25) is 0 Å². The molecule has 2 aliphatic heterocycles. The third-order valence-corrected chi connectivity index (χ3v) is 11.6. The van der Waals surface area contributed by atoms with E-state index in [0.717, 1.165) is 5.56 Å². The maximum absolute atomic E-state index is 14.5. The van der Waals surface area contributed by atoms with Crippen molar-refractivity contribution in [2.45, 2.75) is 49.6 Å². The molecule has 0 aromatic heterocycles. The first-order valence-electron chi connectivity index (χ1n) is 12.8. The van der Waals surface area contributed by atoms with Crippen molar-refractivity contribution >= 4 is 50.7 Å². The minimum absolute atomic E-state index is 0.0619. The van der Waals surface area contributed by atoms with Gasteiger partial charge in [0.15, 0.2) is 5.69 Å². The quantitative estimate of drug-likeness (QED) is 0.401. The predicted molar refractivity (Wildman–Crippen MR) is 153 cm³/mol. The Bertz CT molecular complexity index is 1570. The molecule has 2 unspecified atom stereocenters. The number of nitrogens with one attached hydrogen (secondary N) is 2. The lowest BCUT2D eigenvalue weighted by molar-refractivity contribution is -0.125. The van der Waals surface area contributed by atoms with Crippen LogP contribution in [0.1, 0.15) is 48.2 Å². The number of carbonyl (C=O) groups is 2. The number of nitrogens with zero attached hydrogens (tertiary/aromatic N) is 1. The van der Waals surface area contributed by atoms with Gasteiger partial charge >= 0.3 is 15.9 Å². The van der Waals surface area contributed by atoms with E-state index in [2.05, 4.69) is 10.6 Å². The van der Waals surface area contributed by atoms with Gasteiger partial charge in [-0.05, 0) is 68.8 Å². The highest BCUT2D eigenvalue weighted by Crippen LogP contribution is 2.57. The van der Waals surface area contributed by atoms with E-state index in [0.29, 0.717) is 47.8 Å². The van der Waals surface area contributed by atoms with Gasteiger partial charge in [0, 0.05) is 28.8 Å². The molecule has 1 saturated heterocycles. The summed E-state index contributed by atoms with van der Waals surface area (Å²) in [5.41, 5.74) is 1.63. The van der Waals surface area contributed by atoms with Crippen molar-refractivity contribution in [3.63, 3.8) is 0 Å². The third kappa shape index (κ3) is 4.21. The number of amides is 2. The maximum Gasteiger partial charge on any atom is 0.340 e. The number of piperidine rings is 1. The molecule has 0 aliphatic carbocycles. The van der Waals surface area contributed by atoms with Crippen LogP contribution >= 0.6 is 23.2 Å². The van der Waals surface area contributed by atoms with Crippen molar-refractivity contribution in [1.29, 1.82) is 0 Å². The molecule has 2 heterocycles. The van der Waals surface area contributed by atoms with E-state index in [1.54, 1.807) is 36.4 Å². The van der Waals surface area contributed by atoms with E-state index in [1.807, 2.05) is 25.1 Å². The lowest BCUT2D eigenvalue weighted by Crippen LogP contribution is -2.65. The summed E-state index contributed by atoms with van der Waals surface area (Å²) >= 11 is 12.6. The topological polar surface area (TPSA) is 92.3 Å². The monoisotopic (exact) mass is 586 g/mol. The van der Waals surface area contributed by atoms with Crippen molar-refractivity contribution in [2.24, 2.45) is 0 Å². The first-order valence-corrected chi connectivity index (χ1v) is 15.0. The fourth-order valence-electron chi connectivity index (χ4n) is 6.39. The molecule has 7 nitrogen and oxygen atoms in total. The Morgan fingerprint density at radius 1 is 1.00 bits per heavy atom. The second kappa shape index (κ2) is 10.3. The Labute approximate surface area is 238 Å². The van der Waals surface area contributed by atoms with Crippen LogP contribution in [0, 0.1) is 0 Å². The largest absolute Gasteiger partial charge is 0.348 e. The molecule has 39 heavy (non-hydrogen) atoms. The van der Waals surface area contributed by atoms with Crippen molar-refractivity contribution in [3.8, 4) is 0 Å². The van der Waals surface area contributed by atoms with Crippen LogP contribution < -0.4 is 14.5 Å². The van der Waals surface area contributed by atoms with Gasteiger partial charge < -0.3 is 10.6 Å². The second-order valence-electron chi connectivity index (χ2n) is 10.2. The van der Waals surface area contributed by atoms with Gasteiger partial charge in [-0.3, -0.25) is 4.79 Å². The zero-order valence-corrected chi connectivity index (χ0v) is 24.0. The van der Waals surface area contributed by atoms with Gasteiger partial charge in [0.25, 0.3) is 5.91 Å². The van der Waals surface area contributed by atoms with Crippen molar-refractivity contribution in [1.82, 2.24) is 14.5 Å². The Morgan fingerprint density at radius 2 is 1.64 bits per heavy atom. The van der Waals surface area contributed by atoms with E-state index in [9.17, 15) is 18.0 Å². The van der Waals surface area contributed by atoms with Crippen LogP contribution in [0.4, 0.5) is 5.69 Å². The first kappa shape index (κ1) is 27.8. The summed E-state index contributed by atoms with van der Waals surface area (Å²) in [7, 11) is -4.33. The lowest BCUT2D eigenvalue weighted by atomic mass is 9.70. The summed E-state index contributed by atoms with van der Waals surface area (Å²) in [5, 5.41) is 6.88. The molecule has 10 heteroatoms. The number of benzene rings is 3. The molecule has 2 atom stereocenters. The zero-order chi connectivity index (χ0) is 28.0. The van der Waals surface area contributed by atoms with Crippen molar-refractivity contribution < 1.29 is 18.0 Å². The summed E-state index contributed by atoms with van der Waals surface area (Å²) in [5.74, 6) is -0.828. The molecule has 0 radical (unpaired) electrons. The van der Waals surface area contributed by atoms with Crippen LogP contribution in [0.5, 0.6) is 0 Å². The van der Waals surface area contributed by atoms with E-state index >= 15 is 0 Å². The molecule has 0 bridgehead atoms. The summed E-state index contributed by atoms with van der Waals surface area (Å²) in [6.07, 6.45) is 1.24. The summed E-state index contributed by atoms with van der Waals surface area (Å²) in [6.45, 7) is 4.72. The average Bonchev–Trinajstić information content (AvgIpc) is 3.13. The molecule has 0 saturated carbocycles. The second-order valence-corrected chi connectivity index (χ2v) is 13.0. The van der Waals surface area contributed by atoms with E-state index < -0.39 is 31.3 Å². The van der Waals surface area contributed by atoms with Gasteiger partial charge in [-0.15, -0.1) is 3.89 Å². The van der Waals surface area contributed by atoms with Crippen LogP contribution in [-0.4, -0.2) is 39.4 Å². The molecule has 1 fully saturated rings. The highest BCUT2D eigenvalue weighted by atomic mass is 35.5. The van der Waals surface area contributed by atoms with Crippen LogP contribution in [0.15, 0.2) is 71.6 Å². The number of hydrogen-bond acceptors (Lipinski definition) is 5. The van der Waals surface area contributed by atoms with Gasteiger partial charge in [-0.25, -0.2) is 4.79 Å². The molecule has 2 amide bonds. The molecule has 5 rings (SSSR count). The predicted octanol–water partition coefficient (Wildman–Crippen LogP) is 5.19. The zero-order valence-electron chi connectivity index (χ0n) is 21.7. The number of hydrogen-bond donors (Lipinski definition) is 2. The summed E-state index contributed by atoms with van der Waals surface area (Å²) in [6, 6.07) is 17.8. The first-order chi connectivity index (χ1) is 18.6. The molecule has 1 spiro atoms. The van der Waals surface area contributed by atoms with Gasteiger partial charge in [-0.1, -0.05) is 53.5 Å². The Hall–Kier alpha value is -2.75. The fourth-order valence-corrected chi connectivity index (χ4v) is 9.27. The van der Waals surface area contributed by atoms with Crippen LogP contribution in [0.3, 0.4) is 0 Å². The molecular weight excluding hydrogens is 557 g/mol. The summed E-state index contributed by atoms with van der Waals surface area (Å²) in [4.78, 5) is 26.8. The minimum Gasteiger partial charge on any atom is -0.348 e. The molecule has 204 valence electrons. The minimum atomic E-state index is -4.33. The Kier molecular flexibility index (Phi) is 7.37. The van der Waals surface area contributed by atoms with Gasteiger partial charge in [0.05, 0.1) is 17.4 Å².